The van der Waals surface area contributed by atoms with Crippen LogP contribution in [-0.2, 0) is 16.1 Å². The number of aryl methyl sites for hydroxylation is 2. The number of rotatable bonds is 9. The van der Waals surface area contributed by atoms with Gasteiger partial charge in [-0.1, -0.05) is 41.9 Å². The van der Waals surface area contributed by atoms with Crippen LogP contribution in [0.15, 0.2) is 70.3 Å². The van der Waals surface area contributed by atoms with Crippen LogP contribution in [0.3, 0.4) is 0 Å². The Balaban J connectivity index is 1.33. The van der Waals surface area contributed by atoms with E-state index in [4.69, 9.17) is 16.3 Å². The summed E-state index contributed by atoms with van der Waals surface area (Å²) in [4.78, 5) is 70.4. The molecule has 4 aromatic rings. The molecule has 2 heterocycles. The molecule has 0 aliphatic carbocycles. The average molecular weight is 661 g/mol. The van der Waals surface area contributed by atoms with Gasteiger partial charge >= 0.3 is 17.7 Å². The molecule has 1 aliphatic rings. The minimum atomic E-state index is -0.738. The maximum Gasteiger partial charge on any atom is 0.338 e. The third kappa shape index (κ3) is 7.23. The number of benzene rings is 3. The van der Waals surface area contributed by atoms with Crippen LogP contribution in [0.4, 0.5) is 10.5 Å². The standard InChI is InChI=1S/C34H37ClN6O6/c1-4-47-32(44)29-22(2)20-27-30(23(29)3)31(43)41(26-13-9-8-12-25(26)35)34(46)40(27)21-28(42)36-14-15-38-16-18-39(19-17-38)33(45)37-24-10-6-5-7-11-24/h5-13,20H,4,14-19,21H2,1-3H3,(H,36,42)(H,37,45). The molecule has 13 heteroatoms. The first-order valence-electron chi connectivity index (χ1n) is 15.4. The van der Waals surface area contributed by atoms with Crippen LogP contribution in [0.1, 0.15) is 28.4 Å². The molecule has 1 aliphatic heterocycles. The second-order valence-corrected chi connectivity index (χ2v) is 11.7. The van der Waals surface area contributed by atoms with Gasteiger partial charge in [-0.2, -0.15) is 0 Å². The number of carbonyl (C=O) groups excluding carboxylic acids is 3. The fourth-order valence-electron chi connectivity index (χ4n) is 5.83. The van der Waals surface area contributed by atoms with Gasteiger partial charge in [0.15, 0.2) is 0 Å². The smallest absolute Gasteiger partial charge is 0.338 e. The number of ether oxygens (including phenoxy) is 1. The van der Waals surface area contributed by atoms with Crippen molar-refractivity contribution >= 4 is 46.1 Å². The SMILES string of the molecule is CCOC(=O)c1c(C)cc2c(c1C)c(=O)n(-c1ccccc1Cl)c(=O)n2CC(=O)NCCN1CCN(C(=O)Nc2ccccc2)CC1. The number of carbonyl (C=O) groups is 3. The molecular weight excluding hydrogens is 624 g/mol. The van der Waals surface area contributed by atoms with Crippen molar-refractivity contribution in [3.8, 4) is 5.69 Å². The number of nitrogens with one attached hydrogen (secondary N) is 2. The van der Waals surface area contributed by atoms with Crippen LogP contribution >= 0.6 is 11.6 Å². The van der Waals surface area contributed by atoms with Crippen LogP contribution in [0, 0.1) is 13.8 Å². The first-order chi connectivity index (χ1) is 22.6. The largest absolute Gasteiger partial charge is 0.462 e. The van der Waals surface area contributed by atoms with E-state index in [1.54, 1.807) is 56.0 Å². The van der Waals surface area contributed by atoms with Crippen molar-refractivity contribution in [3.05, 3.63) is 103 Å². The molecule has 0 spiro atoms. The highest BCUT2D eigenvalue weighted by Gasteiger charge is 2.25. The Labute approximate surface area is 276 Å². The maximum atomic E-state index is 13.9. The van der Waals surface area contributed by atoms with Crippen LogP contribution in [-0.4, -0.2) is 82.7 Å². The third-order valence-corrected chi connectivity index (χ3v) is 8.51. The summed E-state index contributed by atoms with van der Waals surface area (Å²) in [5, 5.41) is 6.06. The van der Waals surface area contributed by atoms with Gasteiger partial charge in [0, 0.05) is 45.0 Å². The van der Waals surface area contributed by atoms with Gasteiger partial charge in [-0.25, -0.2) is 19.0 Å². The highest BCUT2D eigenvalue weighted by molar-refractivity contribution is 6.32. The van der Waals surface area contributed by atoms with E-state index >= 15 is 0 Å². The van der Waals surface area contributed by atoms with E-state index in [1.165, 1.54) is 4.57 Å². The topological polar surface area (TPSA) is 135 Å². The Bertz CT molecular complexity index is 1930. The molecule has 0 atom stereocenters. The molecule has 0 bridgehead atoms. The number of aromatic nitrogens is 2. The molecule has 1 fully saturated rings. The van der Waals surface area contributed by atoms with Gasteiger partial charge in [0.1, 0.15) is 6.54 Å². The summed E-state index contributed by atoms with van der Waals surface area (Å²) < 4.78 is 7.40. The second-order valence-electron chi connectivity index (χ2n) is 11.2. The van der Waals surface area contributed by atoms with Gasteiger partial charge < -0.3 is 20.3 Å². The number of hydrogen-bond acceptors (Lipinski definition) is 7. The molecule has 12 nitrogen and oxygen atoms in total. The lowest BCUT2D eigenvalue weighted by molar-refractivity contribution is -0.121. The number of esters is 1. The number of amides is 3. The minimum Gasteiger partial charge on any atom is -0.462 e. The van der Waals surface area contributed by atoms with Crippen molar-refractivity contribution < 1.29 is 19.1 Å². The fraction of sp³-hybridized carbons (Fsp3) is 0.324. The lowest BCUT2D eigenvalue weighted by atomic mass is 9.98. The zero-order valence-corrected chi connectivity index (χ0v) is 27.3. The lowest BCUT2D eigenvalue weighted by Gasteiger charge is -2.34. The van der Waals surface area contributed by atoms with Crippen LogP contribution < -0.4 is 21.9 Å². The minimum absolute atomic E-state index is 0.111. The van der Waals surface area contributed by atoms with E-state index in [0.717, 1.165) is 10.3 Å². The molecule has 0 radical (unpaired) electrons. The Morgan fingerprint density at radius 2 is 1.62 bits per heavy atom. The zero-order chi connectivity index (χ0) is 33.7. The quantitative estimate of drug-likeness (QED) is 0.262. The van der Waals surface area contributed by atoms with E-state index in [1.807, 2.05) is 30.3 Å². The zero-order valence-electron chi connectivity index (χ0n) is 26.5. The molecule has 246 valence electrons. The van der Waals surface area contributed by atoms with Crippen LogP contribution in [0.5, 0.6) is 0 Å². The summed E-state index contributed by atoms with van der Waals surface area (Å²) in [6.07, 6.45) is 0. The Kier molecular flexibility index (Phi) is 10.4. The predicted octanol–water partition coefficient (Wildman–Crippen LogP) is 3.57. The number of para-hydroxylation sites is 2. The van der Waals surface area contributed by atoms with Gasteiger partial charge in [0.2, 0.25) is 5.91 Å². The third-order valence-electron chi connectivity index (χ3n) is 8.19. The first kappa shape index (κ1) is 33.4. The normalized spacial score (nSPS) is 13.4. The van der Waals surface area contributed by atoms with Crippen molar-refractivity contribution in [2.75, 3.05) is 51.2 Å². The summed E-state index contributed by atoms with van der Waals surface area (Å²) in [5.41, 5.74) is 0.813. The number of hydrogen-bond donors (Lipinski definition) is 2. The summed E-state index contributed by atoms with van der Waals surface area (Å²) in [5.74, 6) is -1.01. The van der Waals surface area contributed by atoms with Crippen molar-refractivity contribution in [1.29, 1.82) is 0 Å². The van der Waals surface area contributed by atoms with E-state index in [2.05, 4.69) is 15.5 Å². The number of piperazine rings is 1. The number of halogens is 1. The summed E-state index contributed by atoms with van der Waals surface area (Å²) >= 11 is 6.41. The lowest BCUT2D eigenvalue weighted by Crippen LogP contribution is -2.51. The summed E-state index contributed by atoms with van der Waals surface area (Å²) in [6, 6.07) is 17.1. The van der Waals surface area contributed by atoms with E-state index in [-0.39, 0.29) is 46.4 Å². The Hall–Kier alpha value is -4.94. The van der Waals surface area contributed by atoms with Gasteiger partial charge in [-0.3, -0.25) is 19.1 Å². The number of anilines is 1. The van der Waals surface area contributed by atoms with Gasteiger partial charge in [-0.05, 0) is 62.2 Å². The van der Waals surface area contributed by atoms with E-state index < -0.39 is 23.1 Å². The highest BCUT2D eigenvalue weighted by Crippen LogP contribution is 2.25. The van der Waals surface area contributed by atoms with Crippen molar-refractivity contribution in [2.45, 2.75) is 27.3 Å². The fourth-order valence-corrected chi connectivity index (χ4v) is 6.05. The van der Waals surface area contributed by atoms with Gasteiger partial charge in [-0.15, -0.1) is 0 Å². The molecule has 1 saturated heterocycles. The van der Waals surface area contributed by atoms with Crippen molar-refractivity contribution in [2.24, 2.45) is 0 Å². The van der Waals surface area contributed by atoms with Gasteiger partial charge in [0.25, 0.3) is 5.56 Å². The predicted molar refractivity (Wildman–Crippen MR) is 181 cm³/mol. The molecule has 0 saturated carbocycles. The molecule has 3 amide bonds. The first-order valence-corrected chi connectivity index (χ1v) is 15.8. The molecule has 0 unspecified atom stereocenters. The Morgan fingerprint density at radius 3 is 2.30 bits per heavy atom. The van der Waals surface area contributed by atoms with Gasteiger partial charge in [0.05, 0.1) is 33.8 Å². The maximum absolute atomic E-state index is 13.9. The van der Waals surface area contributed by atoms with E-state index in [9.17, 15) is 24.0 Å². The Morgan fingerprint density at radius 1 is 0.936 bits per heavy atom. The second kappa shape index (κ2) is 14.7. The summed E-state index contributed by atoms with van der Waals surface area (Å²) in [6.45, 7) is 8.04. The highest BCUT2D eigenvalue weighted by atomic mass is 35.5. The molecule has 3 aromatic carbocycles. The van der Waals surface area contributed by atoms with Crippen molar-refractivity contribution in [3.63, 3.8) is 0 Å². The molecule has 1 aromatic heterocycles. The molecule has 47 heavy (non-hydrogen) atoms. The van der Waals surface area contributed by atoms with E-state index in [0.29, 0.717) is 50.4 Å². The average Bonchev–Trinajstić information content (AvgIpc) is 3.04. The molecule has 2 N–H and O–H groups in total. The van der Waals surface area contributed by atoms with Crippen LogP contribution in [0.2, 0.25) is 5.02 Å². The van der Waals surface area contributed by atoms with Crippen LogP contribution in [0.25, 0.3) is 16.6 Å². The number of nitrogens with zero attached hydrogens (tertiary/aromatic N) is 4. The summed E-state index contributed by atoms with van der Waals surface area (Å²) in [7, 11) is 0. The monoisotopic (exact) mass is 660 g/mol. The number of fused-ring (bicyclic) bond motifs is 1. The van der Waals surface area contributed by atoms with Crippen molar-refractivity contribution in [1.82, 2.24) is 24.3 Å². The molecule has 5 rings (SSSR count). The number of urea groups is 1. The molecular formula is C34H37ClN6O6.